The third kappa shape index (κ3) is 5.39. The van der Waals surface area contributed by atoms with Crippen LogP contribution in [0.5, 0.6) is 5.75 Å². The SMILES string of the molecule is CC(=O)Oc1ccccc1COC(Cl)CCCl. The highest BCUT2D eigenvalue weighted by Crippen LogP contribution is 2.20. The van der Waals surface area contributed by atoms with Gasteiger partial charge in [-0.2, -0.15) is 0 Å². The summed E-state index contributed by atoms with van der Waals surface area (Å²) < 4.78 is 10.4. The number of carbonyl (C=O) groups is 1. The molecule has 0 N–H and O–H groups in total. The molecule has 5 heteroatoms. The van der Waals surface area contributed by atoms with Crippen molar-refractivity contribution < 1.29 is 14.3 Å². The first-order valence-electron chi connectivity index (χ1n) is 5.21. The fraction of sp³-hybridized carbons (Fsp3) is 0.417. The van der Waals surface area contributed by atoms with E-state index in [0.29, 0.717) is 18.1 Å². The van der Waals surface area contributed by atoms with Crippen LogP contribution in [0.2, 0.25) is 0 Å². The van der Waals surface area contributed by atoms with Gasteiger partial charge >= 0.3 is 5.97 Å². The van der Waals surface area contributed by atoms with Crippen LogP contribution in [-0.2, 0) is 16.1 Å². The van der Waals surface area contributed by atoms with Crippen molar-refractivity contribution in [1.29, 1.82) is 0 Å². The summed E-state index contributed by atoms with van der Waals surface area (Å²) in [6.45, 7) is 1.64. The Bertz CT molecular complexity index is 369. The second-order valence-corrected chi connectivity index (χ2v) is 4.26. The molecule has 17 heavy (non-hydrogen) atoms. The summed E-state index contributed by atoms with van der Waals surface area (Å²) in [4.78, 5) is 10.9. The van der Waals surface area contributed by atoms with Gasteiger partial charge in [-0.25, -0.2) is 0 Å². The number of hydrogen-bond donors (Lipinski definition) is 0. The highest BCUT2D eigenvalue weighted by Gasteiger charge is 2.08. The second kappa shape index (κ2) is 7.54. The van der Waals surface area contributed by atoms with Gasteiger partial charge in [-0.3, -0.25) is 4.79 Å². The Morgan fingerprint density at radius 1 is 1.41 bits per heavy atom. The number of halogens is 2. The predicted octanol–water partition coefficient (Wildman–Crippen LogP) is 3.32. The van der Waals surface area contributed by atoms with Crippen LogP contribution in [0.25, 0.3) is 0 Å². The van der Waals surface area contributed by atoms with Gasteiger partial charge in [0.05, 0.1) is 6.61 Å². The normalized spacial score (nSPS) is 12.2. The van der Waals surface area contributed by atoms with E-state index in [0.717, 1.165) is 5.56 Å². The molecule has 1 aromatic carbocycles. The summed E-state index contributed by atoms with van der Waals surface area (Å²) in [5.41, 5.74) is 0.348. The Kier molecular flexibility index (Phi) is 6.34. The van der Waals surface area contributed by atoms with E-state index in [9.17, 15) is 4.79 Å². The molecule has 0 bridgehead atoms. The minimum atomic E-state index is -0.433. The predicted molar refractivity (Wildman–Crippen MR) is 67.5 cm³/mol. The fourth-order valence-electron chi connectivity index (χ4n) is 1.23. The zero-order valence-electron chi connectivity index (χ0n) is 9.49. The van der Waals surface area contributed by atoms with E-state index in [1.54, 1.807) is 12.1 Å². The monoisotopic (exact) mass is 276 g/mol. The van der Waals surface area contributed by atoms with Gasteiger partial charge in [0.1, 0.15) is 11.3 Å². The van der Waals surface area contributed by atoms with Crippen molar-refractivity contribution in [2.45, 2.75) is 25.5 Å². The highest BCUT2D eigenvalue weighted by molar-refractivity contribution is 6.21. The van der Waals surface area contributed by atoms with Crippen LogP contribution in [0, 0.1) is 0 Å². The third-order valence-corrected chi connectivity index (χ3v) is 2.54. The fourth-order valence-corrected chi connectivity index (χ4v) is 1.71. The van der Waals surface area contributed by atoms with Crippen LogP contribution in [-0.4, -0.2) is 17.4 Å². The third-order valence-electron chi connectivity index (χ3n) is 1.98. The smallest absolute Gasteiger partial charge is 0.308 e. The highest BCUT2D eigenvalue weighted by atomic mass is 35.5. The molecule has 94 valence electrons. The molecule has 0 aliphatic rings. The van der Waals surface area contributed by atoms with Gasteiger partial charge < -0.3 is 9.47 Å². The van der Waals surface area contributed by atoms with Crippen LogP contribution in [0.1, 0.15) is 18.9 Å². The Hall–Kier alpha value is -0.770. The lowest BCUT2D eigenvalue weighted by molar-refractivity contribution is -0.132. The molecular formula is C12H14Cl2O3. The standard InChI is InChI=1S/C12H14Cl2O3/c1-9(15)17-11-5-3-2-4-10(11)8-16-12(14)6-7-13/h2-5,12H,6-8H2,1H3. The van der Waals surface area contributed by atoms with Crippen LogP contribution >= 0.6 is 23.2 Å². The molecule has 0 aliphatic heterocycles. The van der Waals surface area contributed by atoms with Crippen molar-refractivity contribution in [3.05, 3.63) is 29.8 Å². The number of alkyl halides is 2. The summed E-state index contributed by atoms with van der Waals surface area (Å²) in [7, 11) is 0. The zero-order chi connectivity index (χ0) is 12.7. The minimum absolute atomic E-state index is 0.286. The van der Waals surface area contributed by atoms with E-state index in [-0.39, 0.29) is 12.6 Å². The van der Waals surface area contributed by atoms with Gasteiger partial charge in [0.25, 0.3) is 0 Å². The number of para-hydroxylation sites is 1. The number of rotatable bonds is 6. The minimum Gasteiger partial charge on any atom is -0.426 e. The number of ether oxygens (including phenoxy) is 2. The number of carbonyl (C=O) groups excluding carboxylic acids is 1. The van der Waals surface area contributed by atoms with Crippen LogP contribution in [0.4, 0.5) is 0 Å². The molecule has 1 rings (SSSR count). The summed E-state index contributed by atoms with van der Waals surface area (Å²) in [6, 6.07) is 7.17. The Labute approximate surface area is 111 Å². The zero-order valence-corrected chi connectivity index (χ0v) is 11.0. The molecule has 1 atom stereocenters. The first kappa shape index (κ1) is 14.3. The van der Waals surface area contributed by atoms with E-state index in [4.69, 9.17) is 32.7 Å². The van der Waals surface area contributed by atoms with Crippen LogP contribution in [0.15, 0.2) is 24.3 Å². The van der Waals surface area contributed by atoms with Crippen LogP contribution < -0.4 is 4.74 Å². The van der Waals surface area contributed by atoms with Gasteiger partial charge in [-0.05, 0) is 6.07 Å². The van der Waals surface area contributed by atoms with Gasteiger partial charge in [0, 0.05) is 24.8 Å². The average molecular weight is 277 g/mol. The van der Waals surface area contributed by atoms with Crippen molar-refractivity contribution in [1.82, 2.24) is 0 Å². The molecular weight excluding hydrogens is 263 g/mol. The van der Waals surface area contributed by atoms with Gasteiger partial charge in [0.15, 0.2) is 0 Å². The maximum atomic E-state index is 10.9. The summed E-state index contributed by atoms with van der Waals surface area (Å²) in [6.07, 6.45) is 0.568. The molecule has 0 saturated carbocycles. The van der Waals surface area contributed by atoms with E-state index in [1.165, 1.54) is 6.92 Å². The van der Waals surface area contributed by atoms with Gasteiger partial charge in [-0.15, -0.1) is 11.6 Å². The molecule has 1 unspecified atom stereocenters. The van der Waals surface area contributed by atoms with Crippen molar-refractivity contribution >= 4 is 29.2 Å². The molecule has 0 aromatic heterocycles. The molecule has 0 fully saturated rings. The maximum absolute atomic E-state index is 10.9. The largest absolute Gasteiger partial charge is 0.426 e. The first-order chi connectivity index (χ1) is 8.13. The second-order valence-electron chi connectivity index (χ2n) is 3.40. The summed E-state index contributed by atoms with van der Waals surface area (Å²) in [5.74, 6) is 0.579. The van der Waals surface area contributed by atoms with Crippen molar-refractivity contribution in [2.24, 2.45) is 0 Å². The van der Waals surface area contributed by atoms with Gasteiger partial charge in [0.2, 0.25) is 0 Å². The molecule has 0 saturated heterocycles. The van der Waals surface area contributed by atoms with E-state index in [2.05, 4.69) is 0 Å². The molecule has 0 aliphatic carbocycles. The molecule has 0 amide bonds. The topological polar surface area (TPSA) is 35.5 Å². The summed E-state index contributed by atoms with van der Waals surface area (Å²) >= 11 is 11.4. The lowest BCUT2D eigenvalue weighted by atomic mass is 10.2. The molecule has 0 radical (unpaired) electrons. The molecule has 1 aromatic rings. The molecule has 0 spiro atoms. The Morgan fingerprint density at radius 2 is 2.12 bits per heavy atom. The van der Waals surface area contributed by atoms with Crippen LogP contribution in [0.3, 0.4) is 0 Å². The molecule has 3 nitrogen and oxygen atoms in total. The van der Waals surface area contributed by atoms with E-state index in [1.807, 2.05) is 12.1 Å². The van der Waals surface area contributed by atoms with Crippen molar-refractivity contribution in [2.75, 3.05) is 5.88 Å². The lowest BCUT2D eigenvalue weighted by Gasteiger charge is -2.12. The maximum Gasteiger partial charge on any atom is 0.308 e. The van der Waals surface area contributed by atoms with Crippen molar-refractivity contribution in [3.8, 4) is 5.75 Å². The van der Waals surface area contributed by atoms with E-state index < -0.39 is 5.56 Å². The quantitative estimate of drug-likeness (QED) is 0.454. The lowest BCUT2D eigenvalue weighted by Crippen LogP contribution is -2.08. The number of benzene rings is 1. The number of hydrogen-bond acceptors (Lipinski definition) is 3. The van der Waals surface area contributed by atoms with Gasteiger partial charge in [-0.1, -0.05) is 29.8 Å². The van der Waals surface area contributed by atoms with E-state index >= 15 is 0 Å². The average Bonchev–Trinajstić information content (AvgIpc) is 2.27. The van der Waals surface area contributed by atoms with Crippen molar-refractivity contribution in [3.63, 3.8) is 0 Å². The molecule has 0 heterocycles. The Morgan fingerprint density at radius 3 is 2.76 bits per heavy atom. The number of esters is 1. The first-order valence-corrected chi connectivity index (χ1v) is 6.18. The summed E-state index contributed by atoms with van der Waals surface area (Å²) in [5, 5.41) is 0. The Balaban J connectivity index is 2.60.